The number of fused-ring (bicyclic) bond motifs is 1. The van der Waals surface area contributed by atoms with Gasteiger partial charge in [0.05, 0.1) is 0 Å². The predicted octanol–water partition coefficient (Wildman–Crippen LogP) is 3.82. The summed E-state index contributed by atoms with van der Waals surface area (Å²) in [5, 5.41) is 6.98. The number of amides is 1. The zero-order valence-electron chi connectivity index (χ0n) is 13.9. The van der Waals surface area contributed by atoms with Crippen LogP contribution < -0.4 is 5.32 Å². The van der Waals surface area contributed by atoms with E-state index in [0.29, 0.717) is 18.4 Å². The van der Waals surface area contributed by atoms with Crippen molar-refractivity contribution in [1.29, 1.82) is 0 Å². The van der Waals surface area contributed by atoms with Crippen LogP contribution in [0.2, 0.25) is 0 Å². The van der Waals surface area contributed by atoms with E-state index in [1.807, 2.05) is 0 Å². The maximum Gasteiger partial charge on any atom is 0.222 e. The van der Waals surface area contributed by atoms with Gasteiger partial charge in [-0.1, -0.05) is 25.1 Å². The van der Waals surface area contributed by atoms with Gasteiger partial charge in [-0.25, -0.2) is 0 Å². The third-order valence-corrected chi connectivity index (χ3v) is 5.67. The number of thiophene rings is 1. The van der Waals surface area contributed by atoms with Crippen molar-refractivity contribution in [3.63, 3.8) is 0 Å². The third kappa shape index (κ3) is 3.93. The molecule has 0 saturated carbocycles. The highest BCUT2D eigenvalue weighted by Crippen LogP contribution is 2.27. The van der Waals surface area contributed by atoms with Crippen LogP contribution in [0.3, 0.4) is 0 Å². The van der Waals surface area contributed by atoms with E-state index in [0.717, 1.165) is 45.3 Å². The average molecular weight is 330 g/mol. The summed E-state index contributed by atoms with van der Waals surface area (Å²) >= 11 is 1.80. The van der Waals surface area contributed by atoms with Crippen molar-refractivity contribution in [1.82, 2.24) is 10.2 Å². The minimum atomic E-state index is 0.333. The summed E-state index contributed by atoms with van der Waals surface area (Å²) in [7, 11) is 0. The van der Waals surface area contributed by atoms with Crippen molar-refractivity contribution in [2.75, 3.05) is 19.6 Å². The molecule has 4 heteroatoms. The Morgan fingerprint density at radius 2 is 2.26 bits per heavy atom. The number of hydrogen-bond donors (Lipinski definition) is 1. The van der Waals surface area contributed by atoms with Crippen LogP contribution in [0, 0.1) is 0 Å². The number of carbonyl (C=O) groups excluding carboxylic acids is 1. The summed E-state index contributed by atoms with van der Waals surface area (Å²) in [6.07, 6.45) is 4.75. The molecule has 1 N–H and O–H groups in total. The second-order valence-electron chi connectivity index (χ2n) is 6.34. The molecule has 0 spiro atoms. The second-order valence-corrected chi connectivity index (χ2v) is 7.26. The molecule has 2 aromatic rings. The zero-order valence-corrected chi connectivity index (χ0v) is 14.7. The van der Waals surface area contributed by atoms with Gasteiger partial charge in [-0.3, -0.25) is 4.79 Å². The standard InChI is InChI=1S/C19H26N2OS/c1-2-12-21(16-10-11-20-13-16)19(22)9-5-6-15-14-23-18-8-4-3-7-17(15)18/h3-4,7-8,14,16,20H,2,5-6,9-13H2,1H3. The highest BCUT2D eigenvalue weighted by Gasteiger charge is 2.25. The van der Waals surface area contributed by atoms with Crippen LogP contribution in [-0.4, -0.2) is 36.5 Å². The fourth-order valence-corrected chi connectivity index (χ4v) is 4.45. The molecule has 1 saturated heterocycles. The number of benzene rings is 1. The first-order valence-electron chi connectivity index (χ1n) is 8.75. The fraction of sp³-hybridized carbons (Fsp3) is 0.526. The van der Waals surface area contributed by atoms with Crippen LogP contribution >= 0.6 is 11.3 Å². The van der Waals surface area contributed by atoms with Crippen molar-refractivity contribution in [3.8, 4) is 0 Å². The Hall–Kier alpha value is -1.39. The van der Waals surface area contributed by atoms with E-state index in [1.54, 1.807) is 11.3 Å². The quantitative estimate of drug-likeness (QED) is 0.837. The molecule has 0 bridgehead atoms. The molecule has 23 heavy (non-hydrogen) atoms. The normalized spacial score (nSPS) is 17.7. The largest absolute Gasteiger partial charge is 0.338 e. The molecule has 1 unspecified atom stereocenters. The highest BCUT2D eigenvalue weighted by atomic mass is 32.1. The molecule has 1 atom stereocenters. The highest BCUT2D eigenvalue weighted by molar-refractivity contribution is 7.17. The van der Waals surface area contributed by atoms with Crippen molar-refractivity contribution < 1.29 is 4.79 Å². The van der Waals surface area contributed by atoms with Gasteiger partial charge in [0.15, 0.2) is 0 Å². The summed E-state index contributed by atoms with van der Waals surface area (Å²) in [4.78, 5) is 14.7. The molecule has 1 amide bonds. The molecule has 124 valence electrons. The monoisotopic (exact) mass is 330 g/mol. The smallest absolute Gasteiger partial charge is 0.222 e. The summed E-state index contributed by atoms with van der Waals surface area (Å²) in [6, 6.07) is 8.95. The van der Waals surface area contributed by atoms with Gasteiger partial charge in [0, 0.05) is 30.3 Å². The number of aryl methyl sites for hydroxylation is 1. The Kier molecular flexibility index (Phi) is 5.68. The molecular weight excluding hydrogens is 304 g/mol. The SMILES string of the molecule is CCCN(C(=O)CCCc1csc2ccccc12)C1CCNC1. The lowest BCUT2D eigenvalue weighted by atomic mass is 10.1. The Bertz CT molecular complexity index is 646. The van der Waals surface area contributed by atoms with Gasteiger partial charge in [0.1, 0.15) is 0 Å². The van der Waals surface area contributed by atoms with Crippen LogP contribution in [-0.2, 0) is 11.2 Å². The van der Waals surface area contributed by atoms with Crippen LogP contribution in [0.4, 0.5) is 0 Å². The molecule has 1 aromatic carbocycles. The molecule has 0 aliphatic carbocycles. The topological polar surface area (TPSA) is 32.3 Å². The lowest BCUT2D eigenvalue weighted by molar-refractivity contribution is -0.133. The van der Waals surface area contributed by atoms with Crippen molar-refractivity contribution in [2.45, 2.75) is 45.1 Å². The summed E-state index contributed by atoms with van der Waals surface area (Å²) < 4.78 is 1.35. The minimum Gasteiger partial charge on any atom is -0.338 e. The summed E-state index contributed by atoms with van der Waals surface area (Å²) in [5.74, 6) is 0.333. The molecule has 1 fully saturated rings. The van der Waals surface area contributed by atoms with Crippen LogP contribution in [0.5, 0.6) is 0 Å². The Balaban J connectivity index is 1.55. The summed E-state index contributed by atoms with van der Waals surface area (Å²) in [6.45, 7) is 5.05. The molecule has 1 aromatic heterocycles. The first-order valence-corrected chi connectivity index (χ1v) is 9.63. The Morgan fingerprint density at radius 1 is 1.39 bits per heavy atom. The minimum absolute atomic E-state index is 0.333. The van der Waals surface area contributed by atoms with Gasteiger partial charge < -0.3 is 10.2 Å². The van der Waals surface area contributed by atoms with E-state index in [1.165, 1.54) is 15.6 Å². The van der Waals surface area contributed by atoms with Gasteiger partial charge in [0.25, 0.3) is 0 Å². The van der Waals surface area contributed by atoms with Crippen LogP contribution in [0.15, 0.2) is 29.6 Å². The fourth-order valence-electron chi connectivity index (χ4n) is 3.46. The lowest BCUT2D eigenvalue weighted by Crippen LogP contribution is -2.42. The Labute approximate surface area is 142 Å². The lowest BCUT2D eigenvalue weighted by Gasteiger charge is -2.28. The molecule has 1 aliphatic heterocycles. The first kappa shape index (κ1) is 16.5. The van der Waals surface area contributed by atoms with Gasteiger partial charge in [-0.05, 0) is 54.6 Å². The van der Waals surface area contributed by atoms with Gasteiger partial charge in [-0.2, -0.15) is 0 Å². The van der Waals surface area contributed by atoms with E-state index in [9.17, 15) is 4.79 Å². The zero-order chi connectivity index (χ0) is 16.1. The van der Waals surface area contributed by atoms with Gasteiger partial charge in [0.2, 0.25) is 5.91 Å². The molecule has 2 heterocycles. The molecular formula is C19H26N2OS. The molecule has 3 nitrogen and oxygen atoms in total. The Morgan fingerprint density at radius 3 is 3.04 bits per heavy atom. The number of carbonyl (C=O) groups is 1. The predicted molar refractivity (Wildman–Crippen MR) is 98.0 cm³/mol. The molecule has 1 aliphatic rings. The third-order valence-electron chi connectivity index (χ3n) is 4.66. The van der Waals surface area contributed by atoms with Crippen LogP contribution in [0.25, 0.3) is 10.1 Å². The molecule has 3 rings (SSSR count). The maximum absolute atomic E-state index is 12.6. The van der Waals surface area contributed by atoms with E-state index < -0.39 is 0 Å². The summed E-state index contributed by atoms with van der Waals surface area (Å²) in [5.41, 5.74) is 1.39. The van der Waals surface area contributed by atoms with Gasteiger partial charge >= 0.3 is 0 Å². The van der Waals surface area contributed by atoms with E-state index in [4.69, 9.17) is 0 Å². The number of nitrogens with zero attached hydrogens (tertiary/aromatic N) is 1. The van der Waals surface area contributed by atoms with E-state index in [-0.39, 0.29) is 0 Å². The van der Waals surface area contributed by atoms with Crippen LogP contribution in [0.1, 0.15) is 38.2 Å². The number of nitrogens with one attached hydrogen (secondary N) is 1. The molecule has 0 radical (unpaired) electrons. The van der Waals surface area contributed by atoms with Crippen molar-refractivity contribution >= 4 is 27.3 Å². The average Bonchev–Trinajstić information content (AvgIpc) is 3.22. The van der Waals surface area contributed by atoms with Crippen molar-refractivity contribution in [3.05, 3.63) is 35.2 Å². The maximum atomic E-state index is 12.6. The number of rotatable bonds is 7. The van der Waals surface area contributed by atoms with E-state index in [2.05, 4.69) is 46.8 Å². The first-order chi connectivity index (χ1) is 11.3. The van der Waals surface area contributed by atoms with Crippen molar-refractivity contribution in [2.24, 2.45) is 0 Å². The van der Waals surface area contributed by atoms with E-state index >= 15 is 0 Å². The van der Waals surface area contributed by atoms with Gasteiger partial charge in [-0.15, -0.1) is 11.3 Å². The second kappa shape index (κ2) is 7.93. The number of hydrogen-bond acceptors (Lipinski definition) is 3.